The van der Waals surface area contributed by atoms with Crippen molar-refractivity contribution in [3.05, 3.63) is 41.1 Å². The monoisotopic (exact) mass is 341 g/mol. The van der Waals surface area contributed by atoms with E-state index >= 15 is 0 Å². The smallest absolute Gasteiger partial charge is 0.450 e. The molecule has 1 amide bonds. The first-order chi connectivity index (χ1) is 11.1. The van der Waals surface area contributed by atoms with E-state index in [0.29, 0.717) is 0 Å². The lowest BCUT2D eigenvalue weighted by Gasteiger charge is -2.28. The Kier molecular flexibility index (Phi) is 3.58. The molecule has 0 saturated carbocycles. The molecule has 2 heterocycles. The summed E-state index contributed by atoms with van der Waals surface area (Å²) in [5, 5.41) is 2.60. The van der Waals surface area contributed by atoms with Gasteiger partial charge >= 0.3 is 12.3 Å². The van der Waals surface area contributed by atoms with Gasteiger partial charge in [0, 0.05) is 17.9 Å². The Morgan fingerprint density at radius 1 is 1.25 bits per heavy atom. The zero-order valence-electron chi connectivity index (χ0n) is 12.9. The lowest BCUT2D eigenvalue weighted by atomic mass is 9.82. The number of ether oxygens (including phenoxy) is 2. The molecular weight excluding hydrogens is 327 g/mol. The number of halogens is 3. The molecule has 1 aromatic carbocycles. The number of carbonyl (C=O) groups excluding carboxylic acids is 2. The molecule has 1 atom stereocenters. The maximum Gasteiger partial charge on any atom is 0.573 e. The van der Waals surface area contributed by atoms with E-state index in [1.807, 2.05) is 0 Å². The molecule has 2 aliphatic rings. The number of amides is 1. The lowest BCUT2D eigenvalue weighted by molar-refractivity contribution is -0.274. The summed E-state index contributed by atoms with van der Waals surface area (Å²) in [5.41, 5.74) is -0.471. The molecule has 1 aromatic rings. The second kappa shape index (κ2) is 5.25. The van der Waals surface area contributed by atoms with E-state index in [9.17, 15) is 22.8 Å². The number of hydrogen-bond acceptors (Lipinski definition) is 4. The first kappa shape index (κ1) is 16.4. The Balaban J connectivity index is 2.11. The summed E-state index contributed by atoms with van der Waals surface area (Å²) in [6.45, 7) is 3.21. The summed E-state index contributed by atoms with van der Waals surface area (Å²) in [4.78, 5) is 24.2. The van der Waals surface area contributed by atoms with Gasteiger partial charge in [-0.3, -0.25) is 4.79 Å². The van der Waals surface area contributed by atoms with Gasteiger partial charge in [-0.1, -0.05) is 18.2 Å². The summed E-state index contributed by atoms with van der Waals surface area (Å²) >= 11 is 0. The van der Waals surface area contributed by atoms with Gasteiger partial charge in [0.25, 0.3) is 0 Å². The Hall–Kier alpha value is -2.51. The second-order valence-electron chi connectivity index (χ2n) is 6.08. The van der Waals surface area contributed by atoms with Crippen LogP contribution in [0.15, 0.2) is 35.5 Å². The Morgan fingerprint density at radius 2 is 1.92 bits per heavy atom. The number of rotatable bonds is 2. The predicted octanol–water partition coefficient (Wildman–Crippen LogP) is 2.78. The highest BCUT2D eigenvalue weighted by Gasteiger charge is 2.48. The molecule has 0 unspecified atom stereocenters. The molecule has 0 radical (unpaired) electrons. The number of hydrogen-bond donors (Lipinski definition) is 1. The van der Waals surface area contributed by atoms with Crippen molar-refractivity contribution in [1.29, 1.82) is 0 Å². The highest BCUT2D eigenvalue weighted by Crippen LogP contribution is 2.45. The van der Waals surface area contributed by atoms with Gasteiger partial charge in [-0.25, -0.2) is 4.79 Å². The van der Waals surface area contributed by atoms with Gasteiger partial charge in [0.1, 0.15) is 11.4 Å². The maximum absolute atomic E-state index is 12.6. The van der Waals surface area contributed by atoms with Crippen LogP contribution in [0.1, 0.15) is 31.7 Å². The molecule has 3 rings (SSSR count). The van der Waals surface area contributed by atoms with Crippen LogP contribution in [0.2, 0.25) is 0 Å². The fraction of sp³-hybridized carbons (Fsp3) is 0.375. The molecule has 2 aliphatic heterocycles. The van der Waals surface area contributed by atoms with E-state index in [4.69, 9.17) is 4.74 Å². The minimum absolute atomic E-state index is 0.117. The first-order valence-corrected chi connectivity index (χ1v) is 7.21. The van der Waals surface area contributed by atoms with Gasteiger partial charge in [-0.2, -0.15) is 0 Å². The second-order valence-corrected chi connectivity index (χ2v) is 6.08. The zero-order chi connectivity index (χ0) is 17.7. The number of cyclic esters (lactones) is 1. The average Bonchev–Trinajstić information content (AvgIpc) is 2.66. The number of benzene rings is 1. The Morgan fingerprint density at radius 3 is 2.58 bits per heavy atom. The standard InChI is InChI=1S/C16H14F3NO4/c1-15(2)13-12(14(22)24-15)9(7-11(21)20-13)8-5-3-4-6-10(8)23-16(17,18)19/h3-6,9H,7H2,1-2H3,(H,20,21)/t9-/m1/s1. The van der Waals surface area contributed by atoms with Crippen LogP contribution in [0.4, 0.5) is 13.2 Å². The van der Waals surface area contributed by atoms with Crippen molar-refractivity contribution in [1.82, 2.24) is 5.32 Å². The van der Waals surface area contributed by atoms with Crippen molar-refractivity contribution in [3.63, 3.8) is 0 Å². The third-order valence-electron chi connectivity index (χ3n) is 3.96. The third kappa shape index (κ3) is 2.83. The van der Waals surface area contributed by atoms with E-state index in [-0.39, 0.29) is 23.3 Å². The number of alkyl halides is 3. The van der Waals surface area contributed by atoms with Crippen molar-refractivity contribution in [2.24, 2.45) is 0 Å². The molecule has 128 valence electrons. The molecule has 8 heteroatoms. The van der Waals surface area contributed by atoms with Gasteiger partial charge in [-0.15, -0.1) is 13.2 Å². The molecule has 0 aliphatic carbocycles. The van der Waals surface area contributed by atoms with Crippen molar-refractivity contribution in [2.45, 2.75) is 38.1 Å². The molecule has 0 bridgehead atoms. The Labute approximate surface area is 135 Å². The average molecular weight is 341 g/mol. The fourth-order valence-corrected chi connectivity index (χ4v) is 3.03. The van der Waals surface area contributed by atoms with Crippen molar-refractivity contribution in [2.75, 3.05) is 0 Å². The Bertz CT molecular complexity index is 752. The summed E-state index contributed by atoms with van der Waals surface area (Å²) in [7, 11) is 0. The minimum atomic E-state index is -4.88. The molecule has 0 aromatic heterocycles. The first-order valence-electron chi connectivity index (χ1n) is 7.21. The van der Waals surface area contributed by atoms with Crippen LogP contribution < -0.4 is 10.1 Å². The van der Waals surface area contributed by atoms with Gasteiger partial charge in [0.2, 0.25) is 5.91 Å². The van der Waals surface area contributed by atoms with E-state index in [1.165, 1.54) is 18.2 Å². The van der Waals surface area contributed by atoms with Crippen LogP contribution in [0.3, 0.4) is 0 Å². The van der Waals surface area contributed by atoms with Crippen LogP contribution in [0.25, 0.3) is 0 Å². The van der Waals surface area contributed by atoms with E-state index in [1.54, 1.807) is 13.8 Å². The molecule has 1 N–H and O–H groups in total. The zero-order valence-corrected chi connectivity index (χ0v) is 12.9. The number of nitrogens with one attached hydrogen (secondary N) is 1. The molecule has 5 nitrogen and oxygen atoms in total. The summed E-state index contributed by atoms with van der Waals surface area (Å²) in [6.07, 6.45) is -5.04. The molecule has 0 spiro atoms. The quantitative estimate of drug-likeness (QED) is 0.840. The van der Waals surface area contributed by atoms with E-state index < -0.39 is 35.5 Å². The van der Waals surface area contributed by atoms with Gasteiger partial charge < -0.3 is 14.8 Å². The van der Waals surface area contributed by atoms with E-state index in [2.05, 4.69) is 10.1 Å². The summed E-state index contributed by atoms with van der Waals surface area (Å²) < 4.78 is 47.2. The third-order valence-corrected chi connectivity index (χ3v) is 3.96. The highest BCUT2D eigenvalue weighted by atomic mass is 19.4. The highest BCUT2D eigenvalue weighted by molar-refractivity contribution is 5.99. The van der Waals surface area contributed by atoms with Crippen molar-refractivity contribution in [3.8, 4) is 5.75 Å². The number of carbonyl (C=O) groups is 2. The molecule has 24 heavy (non-hydrogen) atoms. The predicted molar refractivity (Wildman–Crippen MR) is 75.8 cm³/mol. The van der Waals surface area contributed by atoms with E-state index in [0.717, 1.165) is 6.07 Å². The van der Waals surface area contributed by atoms with Crippen LogP contribution in [-0.4, -0.2) is 23.8 Å². The van der Waals surface area contributed by atoms with Crippen LogP contribution in [-0.2, 0) is 14.3 Å². The maximum atomic E-state index is 12.6. The van der Waals surface area contributed by atoms with Crippen LogP contribution >= 0.6 is 0 Å². The van der Waals surface area contributed by atoms with Gasteiger partial charge in [0.15, 0.2) is 0 Å². The van der Waals surface area contributed by atoms with Crippen molar-refractivity contribution < 1.29 is 32.2 Å². The van der Waals surface area contributed by atoms with Gasteiger partial charge in [-0.05, 0) is 19.9 Å². The van der Waals surface area contributed by atoms with Crippen LogP contribution in [0.5, 0.6) is 5.75 Å². The lowest BCUT2D eigenvalue weighted by Crippen LogP contribution is -2.38. The normalized spacial score (nSPS) is 22.8. The topological polar surface area (TPSA) is 64.6 Å². The van der Waals surface area contributed by atoms with Gasteiger partial charge in [0.05, 0.1) is 11.3 Å². The molecule has 0 saturated heterocycles. The molecule has 0 fully saturated rings. The summed E-state index contributed by atoms with van der Waals surface area (Å²) in [6, 6.07) is 5.48. The summed E-state index contributed by atoms with van der Waals surface area (Å²) in [5.74, 6) is -2.34. The number of esters is 1. The fourth-order valence-electron chi connectivity index (χ4n) is 3.03. The largest absolute Gasteiger partial charge is 0.573 e. The van der Waals surface area contributed by atoms with Crippen molar-refractivity contribution >= 4 is 11.9 Å². The number of para-hydroxylation sites is 1. The minimum Gasteiger partial charge on any atom is -0.450 e. The molecular formula is C16H14F3NO4. The SMILES string of the molecule is CC1(C)OC(=O)C2=C1NC(=O)C[C@@H]2c1ccccc1OC(F)(F)F. The van der Waals surface area contributed by atoms with Crippen LogP contribution in [0, 0.1) is 0 Å².